The van der Waals surface area contributed by atoms with Crippen molar-refractivity contribution in [2.24, 2.45) is 0 Å². The number of aromatic nitrogens is 1. The zero-order chi connectivity index (χ0) is 14.7. The van der Waals surface area contributed by atoms with Gasteiger partial charge in [0.1, 0.15) is 0 Å². The lowest BCUT2D eigenvalue weighted by Gasteiger charge is -2.20. The molecule has 2 heterocycles. The van der Waals surface area contributed by atoms with Crippen molar-refractivity contribution in [3.63, 3.8) is 0 Å². The van der Waals surface area contributed by atoms with E-state index in [2.05, 4.69) is 65.3 Å². The summed E-state index contributed by atoms with van der Waals surface area (Å²) in [5.74, 6) is 0. The van der Waals surface area contributed by atoms with E-state index in [1.807, 2.05) is 12.4 Å². The lowest BCUT2D eigenvalue weighted by molar-refractivity contribution is 0.264. The minimum atomic E-state index is 0.709. The van der Waals surface area contributed by atoms with Gasteiger partial charge in [-0.25, -0.2) is 0 Å². The molecule has 1 aliphatic rings. The van der Waals surface area contributed by atoms with Crippen LogP contribution in [0.25, 0.3) is 11.1 Å². The van der Waals surface area contributed by atoms with Crippen molar-refractivity contribution in [2.45, 2.75) is 19.0 Å². The lowest BCUT2D eigenvalue weighted by Crippen LogP contribution is -2.31. The molecule has 0 radical (unpaired) electrons. The molecule has 1 atom stereocenters. The van der Waals surface area contributed by atoms with Crippen LogP contribution in [0, 0.1) is 0 Å². The number of benzene rings is 1. The Hall–Kier alpha value is -1.71. The minimum Gasteiger partial charge on any atom is -0.305 e. The van der Waals surface area contributed by atoms with E-state index in [1.165, 1.54) is 36.2 Å². The molecule has 2 aromatic rings. The third-order valence-electron chi connectivity index (χ3n) is 4.35. The van der Waals surface area contributed by atoms with Gasteiger partial charge in [0.05, 0.1) is 0 Å². The Bertz CT molecular complexity index is 563. The SMILES string of the molecule is CN(C)[C@H]1CCN(Cc2ccc(-c3ccncc3)cc2)C1. The second-order valence-electron chi connectivity index (χ2n) is 6.07. The molecule has 110 valence electrons. The van der Waals surface area contributed by atoms with Gasteiger partial charge in [-0.05, 0) is 49.3 Å². The van der Waals surface area contributed by atoms with E-state index in [1.54, 1.807) is 0 Å². The zero-order valence-electron chi connectivity index (χ0n) is 12.9. The Labute approximate surface area is 127 Å². The summed E-state index contributed by atoms with van der Waals surface area (Å²) in [6.07, 6.45) is 4.96. The van der Waals surface area contributed by atoms with E-state index < -0.39 is 0 Å². The van der Waals surface area contributed by atoms with Crippen molar-refractivity contribution >= 4 is 0 Å². The number of rotatable bonds is 4. The molecule has 3 rings (SSSR count). The van der Waals surface area contributed by atoms with Crippen LogP contribution in [0.2, 0.25) is 0 Å². The first-order valence-electron chi connectivity index (χ1n) is 7.60. The molecule has 0 unspecified atom stereocenters. The van der Waals surface area contributed by atoms with E-state index in [4.69, 9.17) is 0 Å². The van der Waals surface area contributed by atoms with Crippen LogP contribution in [0.3, 0.4) is 0 Å². The first-order chi connectivity index (χ1) is 10.2. The first-order valence-corrected chi connectivity index (χ1v) is 7.60. The molecule has 0 amide bonds. The van der Waals surface area contributed by atoms with Gasteiger partial charge in [0, 0.05) is 38.1 Å². The van der Waals surface area contributed by atoms with Gasteiger partial charge in [0.2, 0.25) is 0 Å². The van der Waals surface area contributed by atoms with Gasteiger partial charge in [0.25, 0.3) is 0 Å². The van der Waals surface area contributed by atoms with Crippen LogP contribution in [0.1, 0.15) is 12.0 Å². The van der Waals surface area contributed by atoms with Gasteiger partial charge in [-0.3, -0.25) is 9.88 Å². The Morgan fingerprint density at radius 3 is 2.33 bits per heavy atom. The summed E-state index contributed by atoms with van der Waals surface area (Å²) in [5.41, 5.74) is 3.88. The van der Waals surface area contributed by atoms with Gasteiger partial charge < -0.3 is 4.90 Å². The summed E-state index contributed by atoms with van der Waals surface area (Å²) < 4.78 is 0. The third kappa shape index (κ3) is 3.49. The normalized spacial score (nSPS) is 19.3. The van der Waals surface area contributed by atoms with Crippen LogP contribution in [-0.4, -0.2) is 48.0 Å². The van der Waals surface area contributed by atoms with Crippen LogP contribution in [-0.2, 0) is 6.54 Å². The lowest BCUT2D eigenvalue weighted by atomic mass is 10.1. The highest BCUT2D eigenvalue weighted by Gasteiger charge is 2.23. The van der Waals surface area contributed by atoms with Gasteiger partial charge >= 0.3 is 0 Å². The molecule has 0 aliphatic carbocycles. The van der Waals surface area contributed by atoms with Gasteiger partial charge in [-0.1, -0.05) is 24.3 Å². The summed E-state index contributed by atoms with van der Waals surface area (Å²) in [6.45, 7) is 3.44. The Kier molecular flexibility index (Phi) is 4.32. The van der Waals surface area contributed by atoms with E-state index in [-0.39, 0.29) is 0 Å². The van der Waals surface area contributed by atoms with Crippen LogP contribution in [0.15, 0.2) is 48.8 Å². The van der Waals surface area contributed by atoms with Crippen LogP contribution in [0.4, 0.5) is 0 Å². The van der Waals surface area contributed by atoms with Crippen LogP contribution in [0.5, 0.6) is 0 Å². The summed E-state index contributed by atoms with van der Waals surface area (Å²) in [7, 11) is 4.36. The maximum absolute atomic E-state index is 4.07. The average molecular weight is 281 g/mol. The molecule has 0 spiro atoms. The highest BCUT2D eigenvalue weighted by molar-refractivity contribution is 5.62. The minimum absolute atomic E-state index is 0.709. The summed E-state index contributed by atoms with van der Waals surface area (Å²) in [4.78, 5) is 8.96. The molecular formula is C18H23N3. The largest absolute Gasteiger partial charge is 0.305 e. The first kappa shape index (κ1) is 14.2. The molecule has 0 bridgehead atoms. The molecule has 1 saturated heterocycles. The fourth-order valence-corrected chi connectivity index (χ4v) is 2.98. The quantitative estimate of drug-likeness (QED) is 0.859. The summed E-state index contributed by atoms with van der Waals surface area (Å²) in [6, 6.07) is 13.7. The van der Waals surface area contributed by atoms with E-state index in [9.17, 15) is 0 Å². The van der Waals surface area contributed by atoms with Gasteiger partial charge in [-0.15, -0.1) is 0 Å². The number of nitrogens with zero attached hydrogens (tertiary/aromatic N) is 3. The van der Waals surface area contributed by atoms with Crippen LogP contribution >= 0.6 is 0 Å². The molecule has 0 N–H and O–H groups in total. The Morgan fingerprint density at radius 1 is 1.05 bits per heavy atom. The third-order valence-corrected chi connectivity index (χ3v) is 4.35. The molecule has 21 heavy (non-hydrogen) atoms. The van der Waals surface area contributed by atoms with E-state index in [0.29, 0.717) is 6.04 Å². The zero-order valence-corrected chi connectivity index (χ0v) is 12.9. The molecule has 0 saturated carbocycles. The molecular weight excluding hydrogens is 258 g/mol. The Balaban J connectivity index is 1.63. The predicted molar refractivity (Wildman–Crippen MR) is 87.0 cm³/mol. The van der Waals surface area contributed by atoms with Gasteiger partial charge in [-0.2, -0.15) is 0 Å². The van der Waals surface area contributed by atoms with Crippen LogP contribution < -0.4 is 0 Å². The number of hydrogen-bond donors (Lipinski definition) is 0. The van der Waals surface area contributed by atoms with Crippen molar-refractivity contribution in [3.05, 3.63) is 54.4 Å². The standard InChI is InChI=1S/C18H23N3/c1-20(2)18-9-12-21(14-18)13-15-3-5-16(6-4-15)17-7-10-19-11-8-17/h3-8,10-11,18H,9,12-14H2,1-2H3/t18-/m0/s1. The number of pyridine rings is 1. The smallest absolute Gasteiger partial charge is 0.0273 e. The van der Waals surface area contributed by atoms with E-state index in [0.717, 1.165) is 6.54 Å². The second kappa shape index (κ2) is 6.37. The van der Waals surface area contributed by atoms with Crippen molar-refractivity contribution in [3.8, 4) is 11.1 Å². The predicted octanol–water partition coefficient (Wildman–Crippen LogP) is 2.88. The molecule has 1 fully saturated rings. The highest BCUT2D eigenvalue weighted by Crippen LogP contribution is 2.21. The molecule has 1 aromatic carbocycles. The van der Waals surface area contributed by atoms with E-state index >= 15 is 0 Å². The molecule has 3 nitrogen and oxygen atoms in total. The van der Waals surface area contributed by atoms with Crippen molar-refractivity contribution in [1.29, 1.82) is 0 Å². The number of likely N-dealkylation sites (N-methyl/N-ethyl adjacent to an activating group) is 1. The molecule has 1 aliphatic heterocycles. The number of hydrogen-bond acceptors (Lipinski definition) is 3. The Morgan fingerprint density at radius 2 is 1.71 bits per heavy atom. The maximum atomic E-state index is 4.07. The van der Waals surface area contributed by atoms with Crippen molar-refractivity contribution in [1.82, 2.24) is 14.8 Å². The maximum Gasteiger partial charge on any atom is 0.0273 e. The highest BCUT2D eigenvalue weighted by atomic mass is 15.2. The van der Waals surface area contributed by atoms with Gasteiger partial charge in [0.15, 0.2) is 0 Å². The topological polar surface area (TPSA) is 19.4 Å². The fourth-order valence-electron chi connectivity index (χ4n) is 2.98. The molecule has 3 heteroatoms. The summed E-state index contributed by atoms with van der Waals surface area (Å²) in [5, 5.41) is 0. The second-order valence-corrected chi connectivity index (χ2v) is 6.07. The monoisotopic (exact) mass is 281 g/mol. The van der Waals surface area contributed by atoms with Crippen molar-refractivity contribution < 1.29 is 0 Å². The average Bonchev–Trinajstić information content (AvgIpc) is 2.98. The fraction of sp³-hybridized carbons (Fsp3) is 0.389. The number of likely N-dealkylation sites (tertiary alicyclic amines) is 1. The van der Waals surface area contributed by atoms with Crippen molar-refractivity contribution in [2.75, 3.05) is 27.2 Å². The molecule has 1 aromatic heterocycles. The summed E-state index contributed by atoms with van der Waals surface area (Å²) >= 11 is 0.